The molecule has 3 rings (SSSR count). The van der Waals surface area contributed by atoms with Gasteiger partial charge in [-0.15, -0.1) is 0 Å². The van der Waals surface area contributed by atoms with Crippen LogP contribution >= 0.6 is 11.8 Å². The summed E-state index contributed by atoms with van der Waals surface area (Å²) in [6.45, 7) is 0. The van der Waals surface area contributed by atoms with Crippen LogP contribution in [-0.4, -0.2) is 21.8 Å². The second kappa shape index (κ2) is 5.24. The number of benzene rings is 1. The third kappa shape index (κ3) is 2.51. The Labute approximate surface area is 115 Å². The largest absolute Gasteiger partial charge is 0.273 e. The van der Waals surface area contributed by atoms with E-state index in [0.29, 0.717) is 10.9 Å². The highest BCUT2D eigenvalue weighted by molar-refractivity contribution is 8.15. The second-order valence-corrected chi connectivity index (χ2v) is 4.90. The average Bonchev–Trinajstić information content (AvgIpc) is 2.82. The molecule has 0 N–H and O–H groups in total. The molecule has 0 aliphatic carbocycles. The SMILES string of the molecule is O=C1CSC(=Nc2ccncc2)N1c1ccccc1. The number of hydrogen-bond donors (Lipinski definition) is 0. The van der Waals surface area contributed by atoms with Crippen LogP contribution in [0.25, 0.3) is 0 Å². The van der Waals surface area contributed by atoms with E-state index in [1.165, 1.54) is 11.8 Å². The Hall–Kier alpha value is -2.14. The molecule has 19 heavy (non-hydrogen) atoms. The van der Waals surface area contributed by atoms with Gasteiger partial charge in [-0.2, -0.15) is 0 Å². The van der Waals surface area contributed by atoms with Gasteiger partial charge < -0.3 is 0 Å². The molecule has 0 bridgehead atoms. The molecular formula is C14H11N3OS. The number of hydrogen-bond acceptors (Lipinski definition) is 4. The molecule has 1 amide bonds. The van der Waals surface area contributed by atoms with Crippen LogP contribution < -0.4 is 4.90 Å². The van der Waals surface area contributed by atoms with Gasteiger partial charge in [0.05, 0.1) is 17.1 Å². The molecule has 1 aliphatic rings. The van der Waals surface area contributed by atoms with E-state index in [0.717, 1.165) is 11.4 Å². The molecule has 0 unspecified atom stereocenters. The minimum Gasteiger partial charge on any atom is -0.273 e. The van der Waals surface area contributed by atoms with Crippen molar-refractivity contribution < 1.29 is 4.79 Å². The van der Waals surface area contributed by atoms with Gasteiger partial charge in [0.15, 0.2) is 5.17 Å². The lowest BCUT2D eigenvalue weighted by atomic mass is 10.3. The molecule has 94 valence electrons. The lowest BCUT2D eigenvalue weighted by Crippen LogP contribution is -2.28. The second-order valence-electron chi connectivity index (χ2n) is 3.95. The smallest absolute Gasteiger partial charge is 0.243 e. The summed E-state index contributed by atoms with van der Waals surface area (Å²) in [7, 11) is 0. The number of anilines is 1. The van der Waals surface area contributed by atoms with Crippen molar-refractivity contribution in [3.05, 3.63) is 54.9 Å². The van der Waals surface area contributed by atoms with Gasteiger partial charge in [0.1, 0.15) is 0 Å². The normalized spacial score (nSPS) is 17.2. The van der Waals surface area contributed by atoms with Crippen molar-refractivity contribution in [1.82, 2.24) is 4.98 Å². The maximum atomic E-state index is 12.0. The highest BCUT2D eigenvalue weighted by atomic mass is 32.2. The van der Waals surface area contributed by atoms with E-state index in [1.807, 2.05) is 42.5 Å². The maximum absolute atomic E-state index is 12.0. The molecule has 2 heterocycles. The van der Waals surface area contributed by atoms with E-state index in [2.05, 4.69) is 9.98 Å². The fraction of sp³-hybridized carbons (Fsp3) is 0.0714. The predicted octanol–water partition coefficient (Wildman–Crippen LogP) is 2.85. The molecule has 1 aromatic carbocycles. The Morgan fingerprint density at radius 3 is 2.58 bits per heavy atom. The Morgan fingerprint density at radius 2 is 1.84 bits per heavy atom. The summed E-state index contributed by atoms with van der Waals surface area (Å²) >= 11 is 1.45. The first-order chi connectivity index (χ1) is 9.34. The molecule has 0 saturated carbocycles. The molecule has 0 radical (unpaired) electrons. The first kappa shape index (κ1) is 11.9. The zero-order chi connectivity index (χ0) is 13.1. The van der Waals surface area contributed by atoms with Gasteiger partial charge in [0.25, 0.3) is 0 Å². The number of para-hydroxylation sites is 1. The van der Waals surface area contributed by atoms with Gasteiger partial charge in [0, 0.05) is 12.4 Å². The molecule has 5 heteroatoms. The van der Waals surface area contributed by atoms with E-state index in [-0.39, 0.29) is 5.91 Å². The predicted molar refractivity (Wildman–Crippen MR) is 77.7 cm³/mol. The van der Waals surface area contributed by atoms with E-state index in [9.17, 15) is 4.79 Å². The third-order valence-electron chi connectivity index (χ3n) is 2.67. The van der Waals surface area contributed by atoms with Crippen LogP contribution in [0.2, 0.25) is 0 Å². The van der Waals surface area contributed by atoms with Crippen LogP contribution in [0.3, 0.4) is 0 Å². The molecule has 1 aromatic heterocycles. The van der Waals surface area contributed by atoms with Gasteiger partial charge in [-0.05, 0) is 24.3 Å². The highest BCUT2D eigenvalue weighted by Crippen LogP contribution is 2.28. The summed E-state index contributed by atoms with van der Waals surface area (Å²) in [6.07, 6.45) is 3.38. The van der Waals surface area contributed by atoms with E-state index >= 15 is 0 Å². The first-order valence-corrected chi connectivity index (χ1v) is 6.83. The molecule has 1 fully saturated rings. The Morgan fingerprint density at radius 1 is 1.11 bits per heavy atom. The van der Waals surface area contributed by atoms with Crippen molar-refractivity contribution in [3.8, 4) is 0 Å². The van der Waals surface area contributed by atoms with Crippen molar-refractivity contribution in [2.24, 2.45) is 4.99 Å². The Balaban J connectivity index is 1.98. The number of thioether (sulfide) groups is 1. The highest BCUT2D eigenvalue weighted by Gasteiger charge is 2.29. The number of carbonyl (C=O) groups excluding carboxylic acids is 1. The van der Waals surface area contributed by atoms with E-state index in [4.69, 9.17) is 0 Å². The topological polar surface area (TPSA) is 45.6 Å². The molecule has 4 nitrogen and oxygen atoms in total. The lowest BCUT2D eigenvalue weighted by Gasteiger charge is -2.15. The fourth-order valence-corrected chi connectivity index (χ4v) is 2.69. The van der Waals surface area contributed by atoms with Crippen molar-refractivity contribution in [1.29, 1.82) is 0 Å². The molecule has 1 saturated heterocycles. The number of amidine groups is 1. The zero-order valence-corrected chi connectivity index (χ0v) is 10.9. The number of amides is 1. The van der Waals surface area contributed by atoms with Crippen molar-refractivity contribution >= 4 is 34.2 Å². The number of pyridine rings is 1. The maximum Gasteiger partial charge on any atom is 0.243 e. The molecule has 0 atom stereocenters. The molecular weight excluding hydrogens is 258 g/mol. The summed E-state index contributed by atoms with van der Waals surface area (Å²) < 4.78 is 0. The number of nitrogens with zero attached hydrogens (tertiary/aromatic N) is 3. The molecule has 2 aromatic rings. The average molecular weight is 269 g/mol. The van der Waals surface area contributed by atoms with Gasteiger partial charge in [-0.1, -0.05) is 30.0 Å². The van der Waals surface area contributed by atoms with Crippen LogP contribution in [0.4, 0.5) is 11.4 Å². The number of aliphatic imine (C=N–C) groups is 1. The molecule has 1 aliphatic heterocycles. The van der Waals surface area contributed by atoms with E-state index < -0.39 is 0 Å². The summed E-state index contributed by atoms with van der Waals surface area (Å²) in [6, 6.07) is 13.2. The first-order valence-electron chi connectivity index (χ1n) is 5.84. The summed E-state index contributed by atoms with van der Waals surface area (Å²) in [4.78, 5) is 22.1. The summed E-state index contributed by atoms with van der Waals surface area (Å²) in [5, 5.41) is 0.711. The van der Waals surface area contributed by atoms with E-state index in [1.54, 1.807) is 17.3 Å². The van der Waals surface area contributed by atoms with Crippen LogP contribution in [0, 0.1) is 0 Å². The van der Waals surface area contributed by atoms with Crippen molar-refractivity contribution in [2.75, 3.05) is 10.7 Å². The van der Waals surface area contributed by atoms with Gasteiger partial charge in [-0.25, -0.2) is 4.99 Å². The van der Waals surface area contributed by atoms with Gasteiger partial charge in [0.2, 0.25) is 5.91 Å². The summed E-state index contributed by atoms with van der Waals surface area (Å²) in [5.41, 5.74) is 1.65. The number of carbonyl (C=O) groups is 1. The van der Waals surface area contributed by atoms with Crippen LogP contribution in [0.1, 0.15) is 0 Å². The Bertz CT molecular complexity index is 613. The number of aromatic nitrogens is 1. The lowest BCUT2D eigenvalue weighted by molar-refractivity contribution is -0.115. The standard InChI is InChI=1S/C14H11N3OS/c18-13-10-19-14(16-11-6-8-15-9-7-11)17(13)12-4-2-1-3-5-12/h1-9H,10H2. The summed E-state index contributed by atoms with van der Waals surface area (Å²) in [5.74, 6) is 0.489. The minimum absolute atomic E-state index is 0.0593. The Kier molecular flexibility index (Phi) is 3.29. The van der Waals surface area contributed by atoms with Crippen molar-refractivity contribution in [2.45, 2.75) is 0 Å². The van der Waals surface area contributed by atoms with Crippen molar-refractivity contribution in [3.63, 3.8) is 0 Å². The third-order valence-corrected chi connectivity index (χ3v) is 3.59. The quantitative estimate of drug-likeness (QED) is 0.842. The van der Waals surface area contributed by atoms with Crippen LogP contribution in [0.15, 0.2) is 59.9 Å². The minimum atomic E-state index is 0.0593. The fourth-order valence-electron chi connectivity index (χ4n) is 1.80. The zero-order valence-electron chi connectivity index (χ0n) is 10.1. The molecule has 0 spiro atoms. The van der Waals surface area contributed by atoms with Crippen LogP contribution in [0.5, 0.6) is 0 Å². The van der Waals surface area contributed by atoms with Gasteiger partial charge in [-0.3, -0.25) is 14.7 Å². The monoisotopic (exact) mass is 269 g/mol. The van der Waals surface area contributed by atoms with Crippen LogP contribution in [-0.2, 0) is 4.79 Å². The van der Waals surface area contributed by atoms with Gasteiger partial charge >= 0.3 is 0 Å². The number of rotatable bonds is 2.